The van der Waals surface area contributed by atoms with Crippen molar-refractivity contribution in [2.24, 2.45) is 0 Å². The van der Waals surface area contributed by atoms with Gasteiger partial charge in [-0.1, -0.05) is 0 Å². The highest BCUT2D eigenvalue weighted by molar-refractivity contribution is 5.81. The van der Waals surface area contributed by atoms with E-state index in [1.807, 2.05) is 19.1 Å². The van der Waals surface area contributed by atoms with Crippen molar-refractivity contribution in [1.29, 1.82) is 0 Å². The van der Waals surface area contributed by atoms with Gasteiger partial charge in [-0.3, -0.25) is 9.78 Å². The van der Waals surface area contributed by atoms with Crippen LogP contribution in [0.5, 0.6) is 11.6 Å². The zero-order chi connectivity index (χ0) is 17.6. The molecular weight excluding hydrogens is 316 g/mol. The summed E-state index contributed by atoms with van der Waals surface area (Å²) < 4.78 is 11.4. The lowest BCUT2D eigenvalue weighted by molar-refractivity contribution is 0.111. The fourth-order valence-corrected chi connectivity index (χ4v) is 3.22. The second-order valence-electron chi connectivity index (χ2n) is 6.12. The standard InChI is InChI=1S/C20H22N2O3/c1-14-10-21-11-19(18(14)12-23)25-13-15-6-3-4-7-16(15)17-8-5-9-22-20(17)24-2/h5,8-12H,3-4,6-7,13H2,1-2H3. The van der Waals surface area contributed by atoms with Crippen LogP contribution in [0.15, 0.2) is 36.3 Å². The Bertz CT molecular complexity index is 799. The summed E-state index contributed by atoms with van der Waals surface area (Å²) in [5.74, 6) is 1.17. The number of aromatic nitrogens is 2. The van der Waals surface area contributed by atoms with Crippen molar-refractivity contribution in [3.05, 3.63) is 53.0 Å². The van der Waals surface area contributed by atoms with Crippen LogP contribution in [-0.4, -0.2) is 30.0 Å². The predicted octanol–water partition coefficient (Wildman–Crippen LogP) is 4.01. The fraction of sp³-hybridized carbons (Fsp3) is 0.350. The van der Waals surface area contributed by atoms with Gasteiger partial charge in [-0.2, -0.15) is 0 Å². The lowest BCUT2D eigenvalue weighted by Gasteiger charge is -2.22. The molecule has 0 spiro atoms. The van der Waals surface area contributed by atoms with Crippen LogP contribution >= 0.6 is 0 Å². The third-order valence-electron chi connectivity index (χ3n) is 4.54. The van der Waals surface area contributed by atoms with Crippen LogP contribution in [0.25, 0.3) is 5.57 Å². The molecule has 0 bridgehead atoms. The van der Waals surface area contributed by atoms with Crippen molar-refractivity contribution in [3.8, 4) is 11.6 Å². The first-order chi connectivity index (χ1) is 12.2. The van der Waals surface area contributed by atoms with E-state index in [1.165, 1.54) is 11.1 Å². The van der Waals surface area contributed by atoms with E-state index in [2.05, 4.69) is 9.97 Å². The van der Waals surface area contributed by atoms with E-state index in [9.17, 15) is 4.79 Å². The van der Waals surface area contributed by atoms with Crippen molar-refractivity contribution < 1.29 is 14.3 Å². The zero-order valence-electron chi connectivity index (χ0n) is 14.6. The lowest BCUT2D eigenvalue weighted by atomic mass is 9.88. The van der Waals surface area contributed by atoms with Gasteiger partial charge in [0.05, 0.1) is 18.9 Å². The molecule has 1 aliphatic carbocycles. The van der Waals surface area contributed by atoms with E-state index in [4.69, 9.17) is 9.47 Å². The van der Waals surface area contributed by atoms with Gasteiger partial charge in [0, 0.05) is 18.0 Å². The van der Waals surface area contributed by atoms with Crippen LogP contribution < -0.4 is 9.47 Å². The second kappa shape index (κ2) is 7.92. The van der Waals surface area contributed by atoms with Gasteiger partial charge in [-0.15, -0.1) is 0 Å². The molecule has 1 aliphatic rings. The molecule has 0 radical (unpaired) electrons. The minimum Gasteiger partial charge on any atom is -0.487 e. The first-order valence-electron chi connectivity index (χ1n) is 8.47. The van der Waals surface area contributed by atoms with Gasteiger partial charge in [-0.05, 0) is 61.4 Å². The largest absolute Gasteiger partial charge is 0.487 e. The Balaban J connectivity index is 1.90. The maximum atomic E-state index is 11.3. The van der Waals surface area contributed by atoms with Gasteiger partial charge in [0.15, 0.2) is 6.29 Å². The average Bonchev–Trinajstić information content (AvgIpc) is 2.66. The van der Waals surface area contributed by atoms with Crippen LogP contribution in [-0.2, 0) is 0 Å². The minimum absolute atomic E-state index is 0.444. The van der Waals surface area contributed by atoms with Crippen molar-refractivity contribution in [3.63, 3.8) is 0 Å². The highest BCUT2D eigenvalue weighted by atomic mass is 16.5. The van der Waals surface area contributed by atoms with Crippen LogP contribution in [0.2, 0.25) is 0 Å². The first kappa shape index (κ1) is 17.1. The number of aryl methyl sites for hydroxylation is 1. The maximum Gasteiger partial charge on any atom is 0.220 e. The van der Waals surface area contributed by atoms with Crippen LogP contribution in [0.3, 0.4) is 0 Å². The molecule has 5 nitrogen and oxygen atoms in total. The van der Waals surface area contributed by atoms with Gasteiger partial charge in [-0.25, -0.2) is 4.98 Å². The summed E-state index contributed by atoms with van der Waals surface area (Å²) in [7, 11) is 1.64. The Morgan fingerprint density at radius 1 is 1.24 bits per heavy atom. The number of allylic oxidation sites excluding steroid dienone is 1. The van der Waals surface area contributed by atoms with Gasteiger partial charge >= 0.3 is 0 Å². The molecule has 0 amide bonds. The number of rotatable bonds is 6. The van der Waals surface area contributed by atoms with Crippen molar-refractivity contribution in [1.82, 2.24) is 9.97 Å². The summed E-state index contributed by atoms with van der Waals surface area (Å²) in [6.07, 6.45) is 10.1. The number of carbonyl (C=O) groups excluding carboxylic acids is 1. The quantitative estimate of drug-likeness (QED) is 0.745. The predicted molar refractivity (Wildman–Crippen MR) is 96.0 cm³/mol. The third-order valence-corrected chi connectivity index (χ3v) is 4.54. The molecule has 0 saturated heterocycles. The van der Waals surface area contributed by atoms with E-state index < -0.39 is 0 Å². The van der Waals surface area contributed by atoms with Crippen LogP contribution in [0.4, 0.5) is 0 Å². The number of aldehydes is 1. The van der Waals surface area contributed by atoms with Gasteiger partial charge in [0.25, 0.3) is 0 Å². The van der Waals surface area contributed by atoms with Crippen molar-refractivity contribution >= 4 is 11.9 Å². The number of hydrogen-bond acceptors (Lipinski definition) is 5. The highest BCUT2D eigenvalue weighted by Crippen LogP contribution is 2.36. The van der Waals surface area contributed by atoms with E-state index in [1.54, 1.807) is 25.7 Å². The average molecular weight is 338 g/mol. The van der Waals surface area contributed by atoms with E-state index >= 15 is 0 Å². The Morgan fingerprint density at radius 2 is 2.08 bits per heavy atom. The molecule has 0 aromatic carbocycles. The zero-order valence-corrected chi connectivity index (χ0v) is 14.6. The summed E-state index contributed by atoms with van der Waals surface area (Å²) in [4.78, 5) is 19.8. The Hall–Kier alpha value is -2.69. The smallest absolute Gasteiger partial charge is 0.220 e. The Labute approximate surface area is 147 Å². The molecule has 2 aromatic rings. The van der Waals surface area contributed by atoms with Crippen molar-refractivity contribution in [2.75, 3.05) is 13.7 Å². The summed E-state index contributed by atoms with van der Waals surface area (Å²) >= 11 is 0. The number of pyridine rings is 2. The first-order valence-corrected chi connectivity index (χ1v) is 8.47. The Kier molecular flexibility index (Phi) is 5.43. The lowest BCUT2D eigenvalue weighted by Crippen LogP contribution is -2.10. The van der Waals surface area contributed by atoms with Crippen LogP contribution in [0, 0.1) is 6.92 Å². The van der Waals surface area contributed by atoms with E-state index in [0.717, 1.165) is 43.1 Å². The number of ether oxygens (including phenoxy) is 2. The van der Waals surface area contributed by atoms with E-state index in [-0.39, 0.29) is 0 Å². The van der Waals surface area contributed by atoms with Gasteiger partial charge < -0.3 is 9.47 Å². The molecule has 3 rings (SSSR count). The van der Waals surface area contributed by atoms with Crippen LogP contribution in [0.1, 0.15) is 47.2 Å². The summed E-state index contributed by atoms with van der Waals surface area (Å²) in [5.41, 5.74) is 4.88. The molecule has 0 saturated carbocycles. The fourth-order valence-electron chi connectivity index (χ4n) is 3.22. The molecule has 0 N–H and O–H groups in total. The minimum atomic E-state index is 0.444. The number of methoxy groups -OCH3 is 1. The highest BCUT2D eigenvalue weighted by Gasteiger charge is 2.19. The Morgan fingerprint density at radius 3 is 2.88 bits per heavy atom. The molecule has 0 unspecified atom stereocenters. The summed E-state index contributed by atoms with van der Waals surface area (Å²) in [6.45, 7) is 2.30. The topological polar surface area (TPSA) is 61.3 Å². The van der Waals surface area contributed by atoms with Gasteiger partial charge in [0.1, 0.15) is 12.4 Å². The third kappa shape index (κ3) is 3.71. The molecule has 0 aliphatic heterocycles. The van der Waals surface area contributed by atoms with Crippen molar-refractivity contribution in [2.45, 2.75) is 32.6 Å². The monoisotopic (exact) mass is 338 g/mol. The number of hydrogen-bond donors (Lipinski definition) is 0. The number of nitrogens with zero attached hydrogens (tertiary/aromatic N) is 2. The summed E-state index contributed by atoms with van der Waals surface area (Å²) in [5, 5.41) is 0. The molecule has 0 fully saturated rings. The second-order valence-corrected chi connectivity index (χ2v) is 6.12. The SMILES string of the molecule is COc1ncccc1C1=C(COc2cncc(C)c2C=O)CCCC1. The molecule has 130 valence electrons. The molecule has 25 heavy (non-hydrogen) atoms. The normalized spacial score (nSPS) is 14.3. The molecule has 2 aromatic heterocycles. The molecule has 0 atom stereocenters. The number of carbonyl (C=O) groups is 1. The molecule has 2 heterocycles. The molecule has 5 heteroatoms. The maximum absolute atomic E-state index is 11.3. The van der Waals surface area contributed by atoms with Gasteiger partial charge in [0.2, 0.25) is 5.88 Å². The van der Waals surface area contributed by atoms with E-state index in [0.29, 0.717) is 23.8 Å². The molecular formula is C20H22N2O3. The summed E-state index contributed by atoms with van der Waals surface area (Å²) in [6, 6.07) is 3.96.